The lowest BCUT2D eigenvalue weighted by molar-refractivity contribution is -0.359. The van der Waals surface area contributed by atoms with Crippen molar-refractivity contribution in [1.29, 1.82) is 0 Å². The first-order valence-electron chi connectivity index (χ1n) is 18.3. The average molecular weight is 696 g/mol. The van der Waals surface area contributed by atoms with Crippen LogP contribution in [0.15, 0.2) is 0 Å². The van der Waals surface area contributed by atoms with Crippen LogP contribution in [0.4, 0.5) is 0 Å². The van der Waals surface area contributed by atoms with Gasteiger partial charge in [0, 0.05) is 6.42 Å². The van der Waals surface area contributed by atoms with Gasteiger partial charge in [0.1, 0.15) is 48.8 Å². The molecule has 9 N–H and O–H groups in total. The molecule has 1 amide bonds. The van der Waals surface area contributed by atoms with E-state index in [4.69, 9.17) is 18.9 Å². The number of rotatable bonds is 25. The summed E-state index contributed by atoms with van der Waals surface area (Å²) in [5, 5.41) is 85.6. The number of ether oxygens (including phenoxy) is 4. The summed E-state index contributed by atoms with van der Waals surface area (Å²) in [6, 6.07) is -0.814. The van der Waals surface area contributed by atoms with Gasteiger partial charge in [-0.25, -0.2) is 0 Å². The third-order valence-electron chi connectivity index (χ3n) is 9.32. The third-order valence-corrected chi connectivity index (χ3v) is 9.32. The van der Waals surface area contributed by atoms with E-state index < -0.39 is 86.8 Å². The van der Waals surface area contributed by atoms with Gasteiger partial charge >= 0.3 is 0 Å². The quantitative estimate of drug-likeness (QED) is 0.0602. The Labute approximate surface area is 285 Å². The molecule has 0 aromatic carbocycles. The molecule has 2 rings (SSSR count). The lowest BCUT2D eigenvalue weighted by atomic mass is 9.97. The molecule has 2 saturated heterocycles. The zero-order valence-electron chi connectivity index (χ0n) is 29.0. The predicted octanol–water partition coefficient (Wildman–Crippen LogP) is 0.754. The maximum atomic E-state index is 12.7. The van der Waals surface area contributed by atoms with Crippen molar-refractivity contribution in [3.63, 3.8) is 0 Å². The number of carbonyl (C=O) groups excluding carboxylic acids is 1. The molecule has 0 bridgehead atoms. The summed E-state index contributed by atoms with van der Waals surface area (Å²) in [7, 11) is 0. The van der Waals surface area contributed by atoms with Gasteiger partial charge in [-0.1, -0.05) is 97.3 Å². The van der Waals surface area contributed by atoms with E-state index >= 15 is 0 Å². The van der Waals surface area contributed by atoms with Crippen molar-refractivity contribution < 1.29 is 64.6 Å². The van der Waals surface area contributed by atoms with Gasteiger partial charge in [0.15, 0.2) is 12.6 Å². The molecular formula is C34H65NO13. The molecule has 0 aromatic rings. The van der Waals surface area contributed by atoms with Gasteiger partial charge in [-0.15, -0.1) is 0 Å². The number of carbonyl (C=O) groups is 1. The predicted molar refractivity (Wildman–Crippen MR) is 176 cm³/mol. The Kier molecular flexibility index (Phi) is 21.8. The van der Waals surface area contributed by atoms with E-state index in [1.165, 1.54) is 44.9 Å². The number of aliphatic hydroxyl groups is 8. The molecule has 48 heavy (non-hydrogen) atoms. The molecule has 0 saturated carbocycles. The molecule has 2 aliphatic rings. The van der Waals surface area contributed by atoms with Crippen LogP contribution in [-0.4, -0.2) is 140 Å². The van der Waals surface area contributed by atoms with Crippen molar-refractivity contribution in [2.45, 2.75) is 190 Å². The highest BCUT2D eigenvalue weighted by Gasteiger charge is 2.50. The Hall–Kier alpha value is -1.01. The number of hydrogen-bond donors (Lipinski definition) is 9. The number of hydrogen-bond acceptors (Lipinski definition) is 13. The van der Waals surface area contributed by atoms with E-state index in [9.17, 15) is 45.6 Å². The molecule has 12 unspecified atom stereocenters. The second-order valence-corrected chi connectivity index (χ2v) is 13.4. The molecular weight excluding hydrogens is 630 g/mol. The van der Waals surface area contributed by atoms with Crippen LogP contribution in [-0.2, 0) is 23.7 Å². The second-order valence-electron chi connectivity index (χ2n) is 13.4. The lowest BCUT2D eigenvalue weighted by Gasteiger charge is -2.46. The van der Waals surface area contributed by atoms with Gasteiger partial charge in [-0.3, -0.25) is 4.79 Å². The summed E-state index contributed by atoms with van der Waals surface area (Å²) in [5.41, 5.74) is 0. The van der Waals surface area contributed by atoms with Crippen molar-refractivity contribution in [2.24, 2.45) is 0 Å². The minimum Gasteiger partial charge on any atom is -0.394 e. The number of aliphatic hydroxyl groups excluding tert-OH is 8. The van der Waals surface area contributed by atoms with E-state index in [0.29, 0.717) is 19.3 Å². The van der Waals surface area contributed by atoms with E-state index in [2.05, 4.69) is 12.2 Å². The third kappa shape index (κ3) is 14.3. The van der Waals surface area contributed by atoms with E-state index in [1.807, 2.05) is 6.92 Å². The van der Waals surface area contributed by atoms with Crippen molar-refractivity contribution in [1.82, 2.24) is 5.32 Å². The van der Waals surface area contributed by atoms with Crippen molar-refractivity contribution in [3.8, 4) is 0 Å². The zero-order chi connectivity index (χ0) is 35.5. The molecule has 2 aliphatic heterocycles. The van der Waals surface area contributed by atoms with Gasteiger partial charge < -0.3 is 65.1 Å². The largest absolute Gasteiger partial charge is 0.394 e. The molecule has 2 fully saturated rings. The highest BCUT2D eigenvalue weighted by atomic mass is 16.7. The SMILES string of the molecule is CCCCCCCCCCCCCC(O)C(COC1OC(CO)C(OC2OC(CO)C(O)C(O)C2O)C(O)C1O)NC(=O)CCCCC. The summed E-state index contributed by atoms with van der Waals surface area (Å²) >= 11 is 0. The van der Waals surface area contributed by atoms with Crippen LogP contribution >= 0.6 is 0 Å². The molecule has 12 atom stereocenters. The summed E-state index contributed by atoms with van der Waals surface area (Å²) in [5.74, 6) is -0.235. The topological polar surface area (TPSA) is 228 Å². The van der Waals surface area contributed by atoms with Gasteiger partial charge in [-0.05, 0) is 12.8 Å². The number of unbranched alkanes of at least 4 members (excludes halogenated alkanes) is 12. The van der Waals surface area contributed by atoms with Crippen molar-refractivity contribution in [2.75, 3.05) is 19.8 Å². The first-order valence-corrected chi connectivity index (χ1v) is 18.3. The highest BCUT2D eigenvalue weighted by molar-refractivity contribution is 5.76. The fourth-order valence-corrected chi connectivity index (χ4v) is 6.17. The molecule has 0 spiro atoms. The van der Waals surface area contributed by atoms with E-state index in [0.717, 1.165) is 38.5 Å². The Morgan fingerprint density at radius 3 is 1.77 bits per heavy atom. The summed E-state index contributed by atoms with van der Waals surface area (Å²) < 4.78 is 22.4. The molecule has 2 heterocycles. The molecule has 0 aromatic heterocycles. The maximum Gasteiger partial charge on any atom is 0.220 e. The molecule has 14 nitrogen and oxygen atoms in total. The zero-order valence-corrected chi connectivity index (χ0v) is 29.0. The van der Waals surface area contributed by atoms with Crippen LogP contribution in [0.3, 0.4) is 0 Å². The monoisotopic (exact) mass is 695 g/mol. The second kappa shape index (κ2) is 24.2. The standard InChI is InChI=1S/C34H65NO13/c1-3-5-7-8-9-10-11-12-13-14-16-17-23(38)22(35-26(39)18-15-6-4-2)21-45-33-31(44)29(42)32(25(20-37)47-33)48-34-30(43)28(41)27(40)24(19-36)46-34/h22-25,27-34,36-38,40-44H,3-21H2,1-2H3,(H,35,39). The van der Waals surface area contributed by atoms with Crippen molar-refractivity contribution >= 4 is 5.91 Å². The number of amides is 1. The van der Waals surface area contributed by atoms with Gasteiger partial charge in [-0.2, -0.15) is 0 Å². The van der Waals surface area contributed by atoms with Gasteiger partial charge in [0.2, 0.25) is 5.91 Å². The average Bonchev–Trinajstić information content (AvgIpc) is 3.08. The lowest BCUT2D eigenvalue weighted by Crippen LogP contribution is -2.65. The summed E-state index contributed by atoms with van der Waals surface area (Å²) in [4.78, 5) is 12.7. The Morgan fingerprint density at radius 2 is 1.19 bits per heavy atom. The van der Waals surface area contributed by atoms with Crippen LogP contribution in [0.5, 0.6) is 0 Å². The van der Waals surface area contributed by atoms with E-state index in [-0.39, 0.29) is 12.5 Å². The van der Waals surface area contributed by atoms with Crippen LogP contribution in [0.2, 0.25) is 0 Å². The van der Waals surface area contributed by atoms with Crippen LogP contribution in [0.1, 0.15) is 117 Å². The Bertz CT molecular complexity index is 837. The highest BCUT2D eigenvalue weighted by Crippen LogP contribution is 2.30. The maximum absolute atomic E-state index is 12.7. The smallest absolute Gasteiger partial charge is 0.220 e. The first kappa shape index (κ1) is 43.2. The van der Waals surface area contributed by atoms with Crippen molar-refractivity contribution in [3.05, 3.63) is 0 Å². The van der Waals surface area contributed by atoms with E-state index in [1.54, 1.807) is 0 Å². The first-order chi connectivity index (χ1) is 23.1. The Balaban J connectivity index is 1.92. The Morgan fingerprint density at radius 1 is 0.667 bits per heavy atom. The van der Waals surface area contributed by atoms with Crippen LogP contribution < -0.4 is 5.32 Å². The summed E-state index contributed by atoms with van der Waals surface area (Å²) in [6.07, 6.45) is -0.529. The minimum absolute atomic E-state index is 0.235. The summed E-state index contributed by atoms with van der Waals surface area (Å²) in [6.45, 7) is 2.61. The molecule has 0 radical (unpaired) electrons. The molecule has 14 heteroatoms. The fourth-order valence-electron chi connectivity index (χ4n) is 6.17. The fraction of sp³-hybridized carbons (Fsp3) is 0.971. The van der Waals surface area contributed by atoms with Gasteiger partial charge in [0.05, 0.1) is 32.0 Å². The van der Waals surface area contributed by atoms with Crippen LogP contribution in [0.25, 0.3) is 0 Å². The van der Waals surface area contributed by atoms with Crippen LogP contribution in [0, 0.1) is 0 Å². The number of nitrogens with one attached hydrogen (secondary N) is 1. The van der Waals surface area contributed by atoms with Gasteiger partial charge in [0.25, 0.3) is 0 Å². The molecule has 0 aliphatic carbocycles. The minimum atomic E-state index is -1.77. The molecule has 284 valence electrons. The normalized spacial score (nSPS) is 32.2.